The van der Waals surface area contributed by atoms with Gasteiger partial charge in [-0.05, 0) is 66.7 Å². The van der Waals surface area contributed by atoms with Gasteiger partial charge >= 0.3 is 23.9 Å². The Morgan fingerprint density at radius 3 is 1.47 bits per heavy atom. The highest BCUT2D eigenvalue weighted by atomic mass is 16.5. The Labute approximate surface area is 169 Å². The largest absolute Gasteiger partial charge is 0.478 e. The van der Waals surface area contributed by atoms with E-state index >= 15 is 0 Å². The molecule has 8 heteroatoms. The quantitative estimate of drug-likeness (QED) is 0.470. The van der Waals surface area contributed by atoms with Crippen LogP contribution in [0.15, 0.2) is 72.8 Å². The molecule has 8 nitrogen and oxygen atoms in total. The number of benzene rings is 3. The Morgan fingerprint density at radius 2 is 0.967 bits per heavy atom. The van der Waals surface area contributed by atoms with Gasteiger partial charge in [0.1, 0.15) is 11.5 Å². The first kappa shape index (κ1) is 20.3. The lowest BCUT2D eigenvalue weighted by Crippen LogP contribution is -2.10. The Hall–Kier alpha value is -4.46. The minimum atomic E-state index is -1.16. The van der Waals surface area contributed by atoms with Crippen molar-refractivity contribution in [3.8, 4) is 11.5 Å². The minimum Gasteiger partial charge on any atom is -0.478 e. The van der Waals surface area contributed by atoms with Gasteiger partial charge in [-0.2, -0.15) is 0 Å². The lowest BCUT2D eigenvalue weighted by molar-refractivity contribution is 0.0685. The summed E-state index contributed by atoms with van der Waals surface area (Å²) in [5, 5.41) is 17.9. The second kappa shape index (κ2) is 8.70. The molecule has 0 saturated carbocycles. The molecule has 3 aromatic rings. The normalized spacial score (nSPS) is 10.1. The third-order valence-corrected chi connectivity index (χ3v) is 3.96. The maximum absolute atomic E-state index is 12.2. The molecule has 30 heavy (non-hydrogen) atoms. The smallest absolute Gasteiger partial charge is 0.343 e. The Kier molecular flexibility index (Phi) is 5.88. The summed E-state index contributed by atoms with van der Waals surface area (Å²) in [6.07, 6.45) is 0. The molecule has 0 aliphatic rings. The van der Waals surface area contributed by atoms with Crippen LogP contribution in [0.3, 0.4) is 0 Å². The highest BCUT2D eigenvalue weighted by Crippen LogP contribution is 2.20. The van der Waals surface area contributed by atoms with Crippen molar-refractivity contribution in [1.82, 2.24) is 0 Å². The Balaban J connectivity index is 1.64. The fraction of sp³-hybridized carbons (Fsp3) is 0. The van der Waals surface area contributed by atoms with E-state index in [0.717, 1.165) is 0 Å². The highest BCUT2D eigenvalue weighted by molar-refractivity contribution is 5.95. The number of carbonyl (C=O) groups excluding carboxylic acids is 2. The van der Waals surface area contributed by atoms with Gasteiger partial charge in [-0.3, -0.25) is 0 Å². The first-order valence-corrected chi connectivity index (χ1v) is 8.54. The molecule has 150 valence electrons. The third kappa shape index (κ3) is 4.87. The van der Waals surface area contributed by atoms with Crippen LogP contribution in [0.5, 0.6) is 11.5 Å². The van der Waals surface area contributed by atoms with Gasteiger partial charge in [-0.25, -0.2) is 19.2 Å². The third-order valence-electron chi connectivity index (χ3n) is 3.96. The van der Waals surface area contributed by atoms with Crippen LogP contribution in [0.2, 0.25) is 0 Å². The van der Waals surface area contributed by atoms with Crippen molar-refractivity contribution in [2.24, 2.45) is 0 Å². The zero-order valence-electron chi connectivity index (χ0n) is 15.3. The topological polar surface area (TPSA) is 127 Å². The fourth-order valence-corrected chi connectivity index (χ4v) is 2.44. The van der Waals surface area contributed by atoms with Crippen LogP contribution in [0.25, 0.3) is 0 Å². The van der Waals surface area contributed by atoms with E-state index in [-0.39, 0.29) is 33.8 Å². The van der Waals surface area contributed by atoms with E-state index in [0.29, 0.717) is 0 Å². The van der Waals surface area contributed by atoms with E-state index in [9.17, 15) is 19.2 Å². The molecule has 0 aromatic heterocycles. The lowest BCUT2D eigenvalue weighted by Gasteiger charge is -2.07. The van der Waals surface area contributed by atoms with E-state index < -0.39 is 23.9 Å². The predicted molar refractivity (Wildman–Crippen MR) is 103 cm³/mol. The first-order valence-electron chi connectivity index (χ1n) is 8.54. The highest BCUT2D eigenvalue weighted by Gasteiger charge is 2.13. The fourth-order valence-electron chi connectivity index (χ4n) is 2.44. The van der Waals surface area contributed by atoms with Gasteiger partial charge in [0.25, 0.3) is 0 Å². The number of hydrogen-bond donors (Lipinski definition) is 2. The Bertz CT molecular complexity index is 1110. The molecule has 0 amide bonds. The van der Waals surface area contributed by atoms with Crippen LogP contribution in [-0.2, 0) is 0 Å². The average molecular weight is 406 g/mol. The number of carbonyl (C=O) groups is 4. The van der Waals surface area contributed by atoms with Crippen LogP contribution in [-0.4, -0.2) is 34.1 Å². The summed E-state index contributed by atoms with van der Waals surface area (Å²) < 4.78 is 10.4. The summed E-state index contributed by atoms with van der Waals surface area (Å²) in [5.41, 5.74) is 0.263. The van der Waals surface area contributed by atoms with Gasteiger partial charge in [0.05, 0.1) is 22.3 Å². The summed E-state index contributed by atoms with van der Waals surface area (Å²) >= 11 is 0. The van der Waals surface area contributed by atoms with E-state index in [1.807, 2.05) is 0 Å². The number of ether oxygens (including phenoxy) is 2. The zero-order valence-corrected chi connectivity index (χ0v) is 15.3. The van der Waals surface area contributed by atoms with Crippen molar-refractivity contribution < 1.29 is 38.9 Å². The second-order valence-electron chi connectivity index (χ2n) is 6.02. The van der Waals surface area contributed by atoms with Crippen LogP contribution in [0.4, 0.5) is 0 Å². The molecule has 2 N–H and O–H groups in total. The SMILES string of the molecule is O=C(O)c1ccc(C(=O)Oc2ccc(OC(=O)c3cccc(C(=O)O)c3)cc2)cc1. The maximum Gasteiger partial charge on any atom is 0.343 e. The first-order chi connectivity index (χ1) is 14.3. The summed E-state index contributed by atoms with van der Waals surface area (Å²) in [6.45, 7) is 0. The molecule has 0 fully saturated rings. The molecule has 0 unspecified atom stereocenters. The van der Waals surface area contributed by atoms with Gasteiger partial charge in [-0.1, -0.05) is 6.07 Å². The van der Waals surface area contributed by atoms with Crippen LogP contribution in [0, 0.1) is 0 Å². The molecule has 0 radical (unpaired) electrons. The number of aromatic carboxylic acids is 2. The van der Waals surface area contributed by atoms with E-state index in [1.54, 1.807) is 0 Å². The van der Waals surface area contributed by atoms with Gasteiger partial charge in [0, 0.05) is 0 Å². The minimum absolute atomic E-state index is 0.0388. The molecular weight excluding hydrogens is 392 g/mol. The maximum atomic E-state index is 12.2. The number of esters is 2. The standard InChI is InChI=1S/C22H14O8/c23-19(24)13-4-6-14(7-5-13)21(27)29-17-8-10-18(11-9-17)30-22(28)16-3-1-2-15(12-16)20(25)26/h1-12H,(H,23,24)(H,25,26). The van der Waals surface area contributed by atoms with Crippen molar-refractivity contribution in [3.63, 3.8) is 0 Å². The summed E-state index contributed by atoms with van der Waals surface area (Å²) in [4.78, 5) is 46.1. The lowest BCUT2D eigenvalue weighted by atomic mass is 10.1. The molecule has 0 aliphatic heterocycles. The Morgan fingerprint density at radius 1 is 0.533 bits per heavy atom. The predicted octanol–water partition coefficient (Wildman–Crippen LogP) is 3.52. The van der Waals surface area contributed by atoms with Crippen molar-refractivity contribution >= 4 is 23.9 Å². The summed E-state index contributed by atoms with van der Waals surface area (Å²) in [6, 6.07) is 16.4. The van der Waals surface area contributed by atoms with Crippen molar-refractivity contribution in [3.05, 3.63) is 95.1 Å². The molecular formula is C22H14O8. The second-order valence-corrected chi connectivity index (χ2v) is 6.02. The number of carboxylic acid groups (broad SMARTS) is 2. The van der Waals surface area contributed by atoms with Gasteiger partial charge < -0.3 is 19.7 Å². The van der Waals surface area contributed by atoms with Crippen LogP contribution >= 0.6 is 0 Å². The molecule has 0 saturated heterocycles. The number of hydrogen-bond acceptors (Lipinski definition) is 6. The monoisotopic (exact) mass is 406 g/mol. The number of rotatable bonds is 6. The molecule has 0 bridgehead atoms. The van der Waals surface area contributed by atoms with E-state index in [2.05, 4.69) is 0 Å². The van der Waals surface area contributed by atoms with E-state index in [1.165, 1.54) is 72.8 Å². The number of carboxylic acids is 2. The summed E-state index contributed by atoms with van der Waals surface area (Å²) in [7, 11) is 0. The van der Waals surface area contributed by atoms with E-state index in [4.69, 9.17) is 19.7 Å². The average Bonchev–Trinajstić information content (AvgIpc) is 2.75. The zero-order chi connectivity index (χ0) is 21.7. The molecule has 3 aromatic carbocycles. The van der Waals surface area contributed by atoms with Crippen molar-refractivity contribution in [1.29, 1.82) is 0 Å². The molecule has 3 rings (SSSR count). The molecule has 0 spiro atoms. The van der Waals surface area contributed by atoms with Crippen LogP contribution < -0.4 is 9.47 Å². The van der Waals surface area contributed by atoms with Crippen molar-refractivity contribution in [2.75, 3.05) is 0 Å². The van der Waals surface area contributed by atoms with Gasteiger partial charge in [-0.15, -0.1) is 0 Å². The van der Waals surface area contributed by atoms with Crippen molar-refractivity contribution in [2.45, 2.75) is 0 Å². The summed E-state index contributed by atoms with van der Waals surface area (Å²) in [5.74, 6) is -3.31. The van der Waals surface area contributed by atoms with Gasteiger partial charge in [0.2, 0.25) is 0 Å². The molecule has 0 atom stereocenters. The van der Waals surface area contributed by atoms with Gasteiger partial charge in [0.15, 0.2) is 0 Å². The molecule has 0 aliphatic carbocycles. The molecule has 0 heterocycles. The van der Waals surface area contributed by atoms with Crippen LogP contribution in [0.1, 0.15) is 41.4 Å².